The van der Waals surface area contributed by atoms with Crippen molar-refractivity contribution >= 4 is 139 Å². The van der Waals surface area contributed by atoms with Gasteiger partial charge in [0.05, 0.1) is 0 Å². The number of aryl methyl sites for hydroxylation is 1. The molecule has 3 radical (unpaired) electrons. The maximum Gasteiger partial charge on any atom is 0.369 e. The molecule has 0 aliphatic heterocycles. The summed E-state index contributed by atoms with van der Waals surface area (Å²) < 4.78 is 22.6. The summed E-state index contributed by atoms with van der Waals surface area (Å²) in [5, 5.41) is 9.02. The predicted molar refractivity (Wildman–Crippen MR) is 146 cm³/mol. The van der Waals surface area contributed by atoms with Crippen LogP contribution < -0.4 is 10.2 Å². The largest absolute Gasteiger partial charge is 0.369 e. The number of alkyl halides is 2. The van der Waals surface area contributed by atoms with Crippen LogP contribution in [0.25, 0.3) is 0 Å². The van der Waals surface area contributed by atoms with E-state index >= 15 is 0 Å². The molecule has 1 rings (SSSR count). The number of unbranched alkanes of at least 4 members (excludes halogenated alkanes) is 1. The number of amides is 1. The molecule has 193 valence electrons. The second-order valence-corrected chi connectivity index (χ2v) is 12.3. The minimum Gasteiger partial charge on any atom is -0.369 e. The van der Waals surface area contributed by atoms with Crippen LogP contribution in [0.5, 0.6) is 0 Å². The van der Waals surface area contributed by atoms with E-state index in [9.17, 15) is 19.0 Å². The van der Waals surface area contributed by atoms with Gasteiger partial charge in [-0.25, -0.2) is 0 Å². The smallest absolute Gasteiger partial charge is 0.369 e. The molecule has 0 spiro atoms. The van der Waals surface area contributed by atoms with Crippen LogP contribution in [0.2, 0.25) is 0 Å². The molecule has 0 unspecified atom stereocenters. The van der Waals surface area contributed by atoms with Crippen molar-refractivity contribution in [1.82, 2.24) is 5.32 Å². The Labute approximate surface area is 288 Å². The first kappa shape index (κ1) is 42.8. The number of anilines is 1. The minimum atomic E-state index is -5.45. The topological polar surface area (TPSA) is 168 Å². The normalized spacial score (nSPS) is 11.5. The molecule has 0 atom stereocenters. The van der Waals surface area contributed by atoms with Crippen LogP contribution in [0.1, 0.15) is 37.7 Å². The van der Waals surface area contributed by atoms with E-state index in [4.69, 9.17) is 42.8 Å². The number of carbonyl (C=O) groups excluding carboxylic acids is 1. The number of hydrogen-bond acceptors (Lipinski definition) is 5. The molecule has 36 heavy (non-hydrogen) atoms. The van der Waals surface area contributed by atoms with Gasteiger partial charge in [-0.3, -0.25) is 13.9 Å². The van der Waals surface area contributed by atoms with Gasteiger partial charge in [0.25, 0.3) is 5.08 Å². The van der Waals surface area contributed by atoms with Crippen LogP contribution in [-0.2, 0) is 20.3 Å². The summed E-state index contributed by atoms with van der Waals surface area (Å²) in [6.07, 6.45) is 0.910. The Morgan fingerprint density at radius 3 is 1.83 bits per heavy atom. The van der Waals surface area contributed by atoms with E-state index in [-0.39, 0.29) is 120 Å². The molecule has 1 aromatic carbocycles. The molecule has 0 aliphatic carbocycles. The molecule has 0 fully saturated rings. The van der Waals surface area contributed by atoms with Gasteiger partial charge in [0.15, 0.2) is 0 Å². The van der Waals surface area contributed by atoms with Crippen molar-refractivity contribution in [2.45, 2.75) is 43.6 Å². The third-order valence-corrected chi connectivity index (χ3v) is 9.29. The summed E-state index contributed by atoms with van der Waals surface area (Å²) in [6, 6.07) is 7.97. The first-order valence-corrected chi connectivity index (χ1v) is 14.7. The Morgan fingerprint density at radius 1 is 0.889 bits per heavy atom. The number of rotatable bonds is 16. The van der Waals surface area contributed by atoms with Gasteiger partial charge >= 0.3 is 15.2 Å². The number of carbonyl (C=O) groups is 1. The molecule has 0 saturated heterocycles. The molecule has 0 aromatic heterocycles. The quantitative estimate of drug-likeness (QED) is 0.0696. The van der Waals surface area contributed by atoms with Crippen LogP contribution in [-0.4, -0.2) is 156 Å². The van der Waals surface area contributed by atoms with Crippen molar-refractivity contribution in [2.24, 2.45) is 0 Å². The molecular formula is C19H32Cl2N2Na3O8P2. The molecular weight excluding hydrogens is 586 g/mol. The van der Waals surface area contributed by atoms with E-state index in [1.807, 2.05) is 24.3 Å². The molecule has 0 bridgehead atoms. The van der Waals surface area contributed by atoms with Crippen LogP contribution >= 0.6 is 38.4 Å². The van der Waals surface area contributed by atoms with Gasteiger partial charge in [0.1, 0.15) is 0 Å². The van der Waals surface area contributed by atoms with E-state index in [2.05, 4.69) is 10.2 Å². The average molecular weight is 618 g/mol. The van der Waals surface area contributed by atoms with E-state index in [1.54, 1.807) is 0 Å². The maximum atomic E-state index is 12.0. The molecule has 6 N–H and O–H groups in total. The van der Waals surface area contributed by atoms with Crippen LogP contribution in [0.4, 0.5) is 5.69 Å². The molecule has 0 aliphatic rings. The zero-order valence-corrected chi connectivity index (χ0v) is 30.4. The van der Waals surface area contributed by atoms with E-state index in [1.165, 1.54) is 0 Å². The molecule has 0 saturated carbocycles. The fraction of sp³-hybridized carbons (Fsp3) is 0.632. The van der Waals surface area contributed by atoms with Crippen molar-refractivity contribution in [3.8, 4) is 0 Å². The second kappa shape index (κ2) is 21.1. The fourth-order valence-electron chi connectivity index (χ4n) is 3.16. The monoisotopic (exact) mass is 617 g/mol. The van der Waals surface area contributed by atoms with Crippen molar-refractivity contribution in [3.05, 3.63) is 29.8 Å². The van der Waals surface area contributed by atoms with Crippen molar-refractivity contribution < 1.29 is 38.6 Å². The third-order valence-electron chi connectivity index (χ3n) is 5.07. The Balaban J connectivity index is -0.00000363. The van der Waals surface area contributed by atoms with Gasteiger partial charge in [-0.1, -0.05) is 12.1 Å². The number of nitrogens with one attached hydrogen (secondary N) is 1. The van der Waals surface area contributed by atoms with Crippen molar-refractivity contribution in [2.75, 3.05) is 36.3 Å². The Kier molecular flexibility index (Phi) is 25.1. The summed E-state index contributed by atoms with van der Waals surface area (Å²) in [5.74, 6) is 0.798. The SMILES string of the molecule is O=C(CCCc1ccc(N(CCCl)CCCl)cc1)NCCCCC(O)(P(=O)(O)O)P(=O)(O)O.[Na].[Na].[Na]. The van der Waals surface area contributed by atoms with Gasteiger partial charge < -0.3 is 34.9 Å². The number of nitrogens with zero attached hydrogens (tertiary/aromatic N) is 1. The molecule has 1 aromatic rings. The molecule has 0 heterocycles. The summed E-state index contributed by atoms with van der Waals surface area (Å²) >= 11 is 11.6. The summed E-state index contributed by atoms with van der Waals surface area (Å²) in [5.41, 5.74) is 2.11. The summed E-state index contributed by atoms with van der Waals surface area (Å²) in [7, 11) is -10.9. The van der Waals surface area contributed by atoms with E-state index in [0.29, 0.717) is 37.7 Å². The number of benzene rings is 1. The zero-order chi connectivity index (χ0) is 25.1. The summed E-state index contributed by atoms with van der Waals surface area (Å²) in [6.45, 7) is 1.56. The number of aliphatic hydroxyl groups is 1. The zero-order valence-electron chi connectivity index (χ0n) is 21.1. The average Bonchev–Trinajstić information content (AvgIpc) is 2.72. The number of hydrogen-bond donors (Lipinski definition) is 6. The maximum absolute atomic E-state index is 12.0. The summed E-state index contributed by atoms with van der Waals surface area (Å²) in [4.78, 5) is 50.4. The van der Waals surface area contributed by atoms with Crippen LogP contribution in [0, 0.1) is 0 Å². The van der Waals surface area contributed by atoms with Crippen molar-refractivity contribution in [3.63, 3.8) is 0 Å². The second-order valence-electron chi connectivity index (χ2n) is 7.55. The van der Waals surface area contributed by atoms with Gasteiger partial charge in [-0.15, -0.1) is 23.2 Å². The van der Waals surface area contributed by atoms with Gasteiger partial charge in [-0.05, 0) is 49.8 Å². The number of halogens is 2. The first-order chi connectivity index (χ1) is 15.4. The Morgan fingerprint density at radius 2 is 1.39 bits per heavy atom. The predicted octanol–water partition coefficient (Wildman–Crippen LogP) is 1.44. The Bertz CT molecular complexity index is 818. The van der Waals surface area contributed by atoms with Crippen LogP contribution in [0.3, 0.4) is 0 Å². The Hall–Kier alpha value is 2.33. The van der Waals surface area contributed by atoms with E-state index in [0.717, 1.165) is 11.3 Å². The molecule has 17 heteroatoms. The van der Waals surface area contributed by atoms with Crippen LogP contribution in [0.15, 0.2) is 24.3 Å². The van der Waals surface area contributed by atoms with Gasteiger partial charge in [0, 0.05) is 132 Å². The third kappa shape index (κ3) is 14.8. The van der Waals surface area contributed by atoms with E-state index < -0.39 is 26.7 Å². The minimum absolute atomic E-state index is 0. The van der Waals surface area contributed by atoms with Gasteiger partial charge in [-0.2, -0.15) is 0 Å². The van der Waals surface area contributed by atoms with Crippen molar-refractivity contribution in [1.29, 1.82) is 0 Å². The first-order valence-electron chi connectivity index (χ1n) is 10.4. The standard InChI is InChI=1S/C19H32Cl2N2O8P2.3Na/c20-11-14-23(15-12-21)17-8-6-16(7-9-17)4-3-5-18(24)22-13-2-1-10-19(25,32(26,27)28)33(29,30)31;;;/h6-9,25H,1-5,10-15H2,(H,22,24)(H2,26,27,28)(H2,29,30,31);;;. The van der Waals surface area contributed by atoms with Gasteiger partial charge in [0.2, 0.25) is 5.91 Å². The fourth-order valence-corrected chi connectivity index (χ4v) is 5.83. The molecule has 10 nitrogen and oxygen atoms in total. The molecule has 1 amide bonds.